The average Bonchev–Trinajstić information content (AvgIpc) is 2.60. The van der Waals surface area contributed by atoms with Crippen LogP contribution in [0.4, 0.5) is 17.6 Å². The van der Waals surface area contributed by atoms with Gasteiger partial charge >= 0.3 is 11.9 Å². The van der Waals surface area contributed by atoms with Gasteiger partial charge in [0.15, 0.2) is 0 Å². The zero-order chi connectivity index (χ0) is 20.6. The van der Waals surface area contributed by atoms with Gasteiger partial charge in [-0.1, -0.05) is 24.3 Å². The van der Waals surface area contributed by atoms with Crippen molar-refractivity contribution >= 4 is 11.9 Å². The van der Waals surface area contributed by atoms with Crippen LogP contribution in [-0.2, 0) is 0 Å². The molecule has 3 rings (SSSR count). The fourth-order valence-electron chi connectivity index (χ4n) is 2.74. The van der Waals surface area contributed by atoms with E-state index < -0.39 is 46.3 Å². The van der Waals surface area contributed by atoms with Gasteiger partial charge in [-0.2, -0.15) is 0 Å². The Morgan fingerprint density at radius 3 is 1.00 bits per heavy atom. The van der Waals surface area contributed by atoms with Crippen LogP contribution >= 0.6 is 0 Å². The molecule has 2 N–H and O–H groups in total. The van der Waals surface area contributed by atoms with Crippen molar-refractivity contribution in [2.45, 2.75) is 0 Å². The smallest absolute Gasteiger partial charge is 0.341 e. The van der Waals surface area contributed by atoms with Crippen LogP contribution in [0.15, 0.2) is 48.5 Å². The summed E-state index contributed by atoms with van der Waals surface area (Å²) in [7, 11) is 0. The predicted molar refractivity (Wildman–Crippen MR) is 91.1 cm³/mol. The highest BCUT2D eigenvalue weighted by Crippen LogP contribution is 2.29. The Hall–Kier alpha value is -3.68. The normalized spacial score (nSPS) is 10.7. The average molecular weight is 390 g/mol. The monoisotopic (exact) mass is 390 g/mol. The largest absolute Gasteiger partial charge is 0.477 e. The lowest BCUT2D eigenvalue weighted by Gasteiger charge is -2.08. The molecule has 0 spiro atoms. The number of carboxylic acids is 2. The van der Waals surface area contributed by atoms with Crippen molar-refractivity contribution < 1.29 is 37.4 Å². The summed E-state index contributed by atoms with van der Waals surface area (Å²) in [5.74, 6) is -8.41. The van der Waals surface area contributed by atoms with Crippen LogP contribution in [0.1, 0.15) is 20.7 Å². The quantitative estimate of drug-likeness (QED) is 0.617. The molecular weight excluding hydrogens is 380 g/mol. The summed E-state index contributed by atoms with van der Waals surface area (Å²) in [6, 6.07) is 9.14. The molecule has 3 aromatic rings. The first-order valence-corrected chi connectivity index (χ1v) is 7.74. The second-order valence-corrected chi connectivity index (χ2v) is 5.82. The van der Waals surface area contributed by atoms with E-state index in [2.05, 4.69) is 0 Å². The summed E-state index contributed by atoms with van der Waals surface area (Å²) in [5, 5.41) is 17.6. The van der Waals surface area contributed by atoms with E-state index in [-0.39, 0.29) is 11.1 Å². The molecular formula is C20H10F4O4. The van der Waals surface area contributed by atoms with Gasteiger partial charge in [0.05, 0.1) is 0 Å². The first-order valence-electron chi connectivity index (χ1n) is 7.74. The Labute approximate surface area is 155 Å². The number of halogens is 4. The van der Waals surface area contributed by atoms with Crippen LogP contribution in [0.2, 0.25) is 0 Å². The summed E-state index contributed by atoms with van der Waals surface area (Å²) in [6.07, 6.45) is 0. The molecule has 0 aliphatic heterocycles. The molecule has 0 aliphatic carbocycles. The Morgan fingerprint density at radius 1 is 0.536 bits per heavy atom. The van der Waals surface area contributed by atoms with Crippen molar-refractivity contribution in [2.75, 3.05) is 0 Å². The number of rotatable bonds is 4. The molecule has 0 saturated carbocycles. The van der Waals surface area contributed by atoms with E-state index in [4.69, 9.17) is 10.2 Å². The molecule has 0 amide bonds. The molecule has 0 aromatic heterocycles. The topological polar surface area (TPSA) is 74.6 Å². The van der Waals surface area contributed by atoms with E-state index in [0.29, 0.717) is 11.1 Å². The second-order valence-electron chi connectivity index (χ2n) is 5.82. The fraction of sp³-hybridized carbons (Fsp3) is 0. The van der Waals surface area contributed by atoms with Crippen LogP contribution in [0.25, 0.3) is 22.3 Å². The van der Waals surface area contributed by atoms with E-state index >= 15 is 0 Å². The molecule has 0 unspecified atom stereocenters. The molecule has 8 heteroatoms. The third kappa shape index (κ3) is 3.44. The molecule has 0 saturated heterocycles. The molecule has 0 aliphatic rings. The minimum Gasteiger partial charge on any atom is -0.477 e. The molecule has 4 nitrogen and oxygen atoms in total. The van der Waals surface area contributed by atoms with Crippen molar-refractivity contribution in [3.8, 4) is 22.3 Å². The molecule has 0 atom stereocenters. The van der Waals surface area contributed by atoms with Gasteiger partial charge in [0, 0.05) is 0 Å². The number of hydrogen-bond acceptors (Lipinski definition) is 2. The summed E-state index contributed by atoms with van der Waals surface area (Å²) >= 11 is 0. The van der Waals surface area contributed by atoms with Crippen LogP contribution in [-0.4, -0.2) is 22.2 Å². The van der Waals surface area contributed by atoms with Gasteiger partial charge in [-0.15, -0.1) is 0 Å². The van der Waals surface area contributed by atoms with Gasteiger partial charge in [0.1, 0.15) is 34.4 Å². The highest BCUT2D eigenvalue weighted by molar-refractivity contribution is 5.90. The van der Waals surface area contributed by atoms with E-state index in [0.717, 1.165) is 24.3 Å². The summed E-state index contributed by atoms with van der Waals surface area (Å²) in [6.45, 7) is 0. The van der Waals surface area contributed by atoms with Crippen molar-refractivity contribution in [1.29, 1.82) is 0 Å². The maximum Gasteiger partial charge on any atom is 0.341 e. The first kappa shape index (κ1) is 19.1. The zero-order valence-electron chi connectivity index (χ0n) is 13.8. The van der Waals surface area contributed by atoms with Crippen LogP contribution in [0.3, 0.4) is 0 Å². The Morgan fingerprint density at radius 2 is 0.786 bits per heavy atom. The van der Waals surface area contributed by atoms with Crippen LogP contribution in [0, 0.1) is 23.3 Å². The van der Waals surface area contributed by atoms with Crippen LogP contribution < -0.4 is 0 Å². The number of carboxylic acid groups (broad SMARTS) is 2. The lowest BCUT2D eigenvalue weighted by molar-refractivity contribution is 0.0675. The van der Waals surface area contributed by atoms with Gasteiger partial charge in [0.25, 0.3) is 0 Å². The molecule has 3 aromatic carbocycles. The molecule has 0 radical (unpaired) electrons. The number of carbonyl (C=O) groups is 2. The lowest BCUT2D eigenvalue weighted by Crippen LogP contribution is -2.05. The maximum absolute atomic E-state index is 13.8. The fourth-order valence-corrected chi connectivity index (χ4v) is 2.74. The second kappa shape index (κ2) is 7.15. The van der Waals surface area contributed by atoms with Gasteiger partial charge < -0.3 is 10.2 Å². The van der Waals surface area contributed by atoms with Crippen molar-refractivity contribution in [3.05, 3.63) is 82.9 Å². The molecule has 0 heterocycles. The summed E-state index contributed by atoms with van der Waals surface area (Å²) in [5.41, 5.74) is -1.31. The van der Waals surface area contributed by atoms with Gasteiger partial charge in [0.2, 0.25) is 0 Å². The molecule has 142 valence electrons. The maximum atomic E-state index is 13.8. The van der Waals surface area contributed by atoms with Gasteiger partial charge in [-0.25, -0.2) is 27.2 Å². The number of hydrogen-bond donors (Lipinski definition) is 2. The Kier molecular flexibility index (Phi) is 4.87. The minimum atomic E-state index is -1.73. The predicted octanol–water partition coefficient (Wildman–Crippen LogP) is 4.97. The van der Waals surface area contributed by atoms with Crippen molar-refractivity contribution in [2.24, 2.45) is 0 Å². The highest BCUT2D eigenvalue weighted by atomic mass is 19.1. The van der Waals surface area contributed by atoms with Crippen molar-refractivity contribution in [3.63, 3.8) is 0 Å². The summed E-state index contributed by atoms with van der Waals surface area (Å²) < 4.78 is 55.3. The minimum absolute atomic E-state index is 0.0742. The van der Waals surface area contributed by atoms with E-state index in [9.17, 15) is 27.2 Å². The molecule has 28 heavy (non-hydrogen) atoms. The molecule has 0 bridgehead atoms. The van der Waals surface area contributed by atoms with E-state index in [1.807, 2.05) is 0 Å². The van der Waals surface area contributed by atoms with E-state index in [1.165, 1.54) is 24.3 Å². The summed E-state index contributed by atoms with van der Waals surface area (Å²) in [4.78, 5) is 21.7. The van der Waals surface area contributed by atoms with Crippen LogP contribution in [0.5, 0.6) is 0 Å². The van der Waals surface area contributed by atoms with Crippen molar-refractivity contribution in [1.82, 2.24) is 0 Å². The number of aromatic carboxylic acids is 2. The standard InChI is InChI=1S/C20H10F4O4/c21-13-5-11(6-14(22)17(13)19(25)26)9-1-2-10(4-3-9)12-7-15(23)18(20(27)28)16(24)8-12/h1-8H,(H,25,26)(H,27,28). The van der Waals surface area contributed by atoms with Gasteiger partial charge in [-0.3, -0.25) is 0 Å². The highest BCUT2D eigenvalue weighted by Gasteiger charge is 2.19. The van der Waals surface area contributed by atoms with E-state index in [1.54, 1.807) is 0 Å². The SMILES string of the molecule is O=C(O)c1c(F)cc(-c2ccc(-c3cc(F)c(C(=O)O)c(F)c3)cc2)cc1F. The zero-order valence-corrected chi connectivity index (χ0v) is 13.8. The molecule has 0 fully saturated rings. The Bertz CT molecular complexity index is 973. The van der Waals surface area contributed by atoms with Gasteiger partial charge in [-0.05, 0) is 46.5 Å². The lowest BCUT2D eigenvalue weighted by atomic mass is 9.98. The third-order valence-electron chi connectivity index (χ3n) is 4.06. The number of benzene rings is 3. The Balaban J connectivity index is 1.99. The third-order valence-corrected chi connectivity index (χ3v) is 4.06. The first-order chi connectivity index (χ1) is 13.2.